The van der Waals surface area contributed by atoms with Crippen LogP contribution in [0.15, 0.2) is 36.9 Å². The highest BCUT2D eigenvalue weighted by Crippen LogP contribution is 2.29. The fourth-order valence-electron chi connectivity index (χ4n) is 1.77. The predicted molar refractivity (Wildman–Crippen MR) is 75.7 cm³/mol. The first-order chi connectivity index (χ1) is 9.00. The zero-order valence-corrected chi connectivity index (χ0v) is 12.1. The van der Waals surface area contributed by atoms with Crippen LogP contribution in [0.3, 0.4) is 0 Å². The van der Waals surface area contributed by atoms with E-state index in [2.05, 4.69) is 4.98 Å². The van der Waals surface area contributed by atoms with Crippen molar-refractivity contribution >= 4 is 29.2 Å². The lowest BCUT2D eigenvalue weighted by molar-refractivity contribution is 0.196. The molecule has 1 aromatic heterocycles. The van der Waals surface area contributed by atoms with Crippen LogP contribution in [0.1, 0.15) is 18.5 Å². The molecule has 0 saturated heterocycles. The molecule has 2 aromatic rings. The largest absolute Gasteiger partial charge is 0.329 e. The first-order valence-electron chi connectivity index (χ1n) is 5.70. The van der Waals surface area contributed by atoms with E-state index < -0.39 is 0 Å². The molecule has 1 aromatic carbocycles. The van der Waals surface area contributed by atoms with E-state index in [1.165, 1.54) is 10.9 Å². The summed E-state index contributed by atoms with van der Waals surface area (Å²) in [6.45, 7) is 1.91. The minimum Gasteiger partial charge on any atom is -0.320 e. The molecule has 2 rings (SSSR count). The number of amides is 1. The smallest absolute Gasteiger partial charge is 0.320 e. The molecule has 0 saturated carbocycles. The van der Waals surface area contributed by atoms with Crippen LogP contribution in [-0.4, -0.2) is 27.5 Å². The van der Waals surface area contributed by atoms with Crippen molar-refractivity contribution in [3.63, 3.8) is 0 Å². The molecule has 4 nitrogen and oxygen atoms in total. The molecule has 0 aliphatic rings. The van der Waals surface area contributed by atoms with Gasteiger partial charge in [0.15, 0.2) is 0 Å². The van der Waals surface area contributed by atoms with Crippen LogP contribution >= 0.6 is 23.2 Å². The summed E-state index contributed by atoms with van der Waals surface area (Å²) >= 11 is 12.0. The van der Waals surface area contributed by atoms with Crippen molar-refractivity contribution in [2.24, 2.45) is 0 Å². The van der Waals surface area contributed by atoms with Gasteiger partial charge in [0.25, 0.3) is 0 Å². The summed E-state index contributed by atoms with van der Waals surface area (Å²) in [5, 5.41) is 1.12. The van der Waals surface area contributed by atoms with Gasteiger partial charge >= 0.3 is 6.03 Å². The summed E-state index contributed by atoms with van der Waals surface area (Å²) < 4.78 is 1.42. The normalized spacial score (nSPS) is 12.2. The van der Waals surface area contributed by atoms with Crippen molar-refractivity contribution in [3.05, 3.63) is 52.5 Å². The number of carbonyl (C=O) groups excluding carboxylic acids is 1. The van der Waals surface area contributed by atoms with Crippen molar-refractivity contribution < 1.29 is 4.79 Å². The Bertz CT molecular complexity index is 584. The van der Waals surface area contributed by atoms with E-state index in [1.807, 2.05) is 13.0 Å². The minimum absolute atomic E-state index is 0.167. The number of halogens is 2. The highest BCUT2D eigenvalue weighted by Gasteiger charge is 2.20. The fourth-order valence-corrected chi connectivity index (χ4v) is 2.34. The average Bonchev–Trinajstić information content (AvgIpc) is 2.90. The SMILES string of the molecule is CC(c1ccc(Cl)cc1Cl)N(C)C(=O)n1ccnc1. The third-order valence-corrected chi connectivity index (χ3v) is 3.58. The van der Waals surface area contributed by atoms with E-state index in [0.29, 0.717) is 10.0 Å². The molecule has 19 heavy (non-hydrogen) atoms. The second kappa shape index (κ2) is 5.63. The van der Waals surface area contributed by atoms with Crippen LogP contribution in [0, 0.1) is 0 Å². The van der Waals surface area contributed by atoms with Gasteiger partial charge in [0, 0.05) is 29.5 Å². The van der Waals surface area contributed by atoms with Crippen molar-refractivity contribution in [3.8, 4) is 0 Å². The molecule has 0 aliphatic heterocycles. The second-order valence-corrected chi connectivity index (χ2v) is 5.05. The van der Waals surface area contributed by atoms with Gasteiger partial charge in [-0.2, -0.15) is 0 Å². The van der Waals surface area contributed by atoms with E-state index >= 15 is 0 Å². The molecule has 1 atom stereocenters. The van der Waals surface area contributed by atoms with Gasteiger partial charge in [-0.25, -0.2) is 9.78 Å². The van der Waals surface area contributed by atoms with E-state index in [4.69, 9.17) is 23.2 Å². The summed E-state index contributed by atoms with van der Waals surface area (Å²) in [6.07, 6.45) is 4.63. The minimum atomic E-state index is -0.170. The summed E-state index contributed by atoms with van der Waals surface area (Å²) in [7, 11) is 1.72. The highest BCUT2D eigenvalue weighted by molar-refractivity contribution is 6.35. The Morgan fingerprint density at radius 1 is 1.42 bits per heavy atom. The Morgan fingerprint density at radius 3 is 2.74 bits per heavy atom. The zero-order chi connectivity index (χ0) is 14.0. The maximum absolute atomic E-state index is 12.2. The van der Waals surface area contributed by atoms with Gasteiger partial charge in [-0.05, 0) is 24.6 Å². The molecule has 0 N–H and O–H groups in total. The number of aromatic nitrogens is 2. The average molecular weight is 298 g/mol. The van der Waals surface area contributed by atoms with E-state index in [9.17, 15) is 4.79 Å². The topological polar surface area (TPSA) is 38.1 Å². The molecule has 0 aliphatic carbocycles. The first-order valence-corrected chi connectivity index (χ1v) is 6.46. The summed E-state index contributed by atoms with van der Waals surface area (Å²) in [6, 6.07) is 4.92. The Morgan fingerprint density at radius 2 is 2.16 bits per heavy atom. The quantitative estimate of drug-likeness (QED) is 0.844. The van der Waals surface area contributed by atoms with Crippen LogP contribution < -0.4 is 0 Å². The molecule has 0 radical (unpaired) electrons. The standard InChI is InChI=1S/C13H13Cl2N3O/c1-9(11-4-3-10(14)7-12(11)15)17(2)13(19)18-6-5-16-8-18/h3-9H,1-2H3. The summed E-state index contributed by atoms with van der Waals surface area (Å²) in [5.74, 6) is 0. The molecule has 0 spiro atoms. The van der Waals surface area contributed by atoms with Gasteiger partial charge in [-0.3, -0.25) is 4.57 Å². The maximum Gasteiger partial charge on any atom is 0.329 e. The second-order valence-electron chi connectivity index (χ2n) is 4.21. The Balaban J connectivity index is 2.23. The first kappa shape index (κ1) is 13.9. The molecule has 1 unspecified atom stereocenters. The number of hydrogen-bond donors (Lipinski definition) is 0. The Kier molecular flexibility index (Phi) is 4.12. The van der Waals surface area contributed by atoms with Crippen LogP contribution in [0.4, 0.5) is 4.79 Å². The predicted octanol–water partition coefficient (Wildman–Crippen LogP) is 3.85. The fraction of sp³-hybridized carbons (Fsp3) is 0.231. The molecular formula is C13H13Cl2N3O. The third kappa shape index (κ3) is 2.91. The number of imidazole rings is 1. The van der Waals surface area contributed by atoms with Gasteiger partial charge in [0.1, 0.15) is 6.33 Å². The highest BCUT2D eigenvalue weighted by atomic mass is 35.5. The monoisotopic (exact) mass is 297 g/mol. The Labute approximate surface area is 121 Å². The van der Waals surface area contributed by atoms with Gasteiger partial charge in [0.05, 0.1) is 6.04 Å². The van der Waals surface area contributed by atoms with Crippen LogP contribution in [0.5, 0.6) is 0 Å². The maximum atomic E-state index is 12.2. The lowest BCUT2D eigenvalue weighted by Gasteiger charge is -2.26. The third-order valence-electron chi connectivity index (χ3n) is 3.02. The van der Waals surface area contributed by atoms with Crippen molar-refractivity contribution in [2.75, 3.05) is 7.05 Å². The van der Waals surface area contributed by atoms with Crippen molar-refractivity contribution in [2.45, 2.75) is 13.0 Å². The Hall–Kier alpha value is -1.52. The molecule has 1 amide bonds. The van der Waals surface area contributed by atoms with Gasteiger partial charge in [-0.1, -0.05) is 29.3 Å². The molecule has 1 heterocycles. The number of nitrogens with zero attached hydrogens (tertiary/aromatic N) is 3. The number of carbonyl (C=O) groups is 1. The molecule has 0 fully saturated rings. The van der Waals surface area contributed by atoms with Crippen molar-refractivity contribution in [1.82, 2.24) is 14.5 Å². The van der Waals surface area contributed by atoms with E-state index in [1.54, 1.807) is 36.5 Å². The van der Waals surface area contributed by atoms with Crippen LogP contribution in [0.2, 0.25) is 10.0 Å². The van der Waals surface area contributed by atoms with Crippen LogP contribution in [0.25, 0.3) is 0 Å². The number of benzene rings is 1. The number of hydrogen-bond acceptors (Lipinski definition) is 2. The molecule has 6 heteroatoms. The summed E-state index contributed by atoms with van der Waals surface area (Å²) in [5.41, 5.74) is 0.849. The van der Waals surface area contributed by atoms with E-state index in [-0.39, 0.29) is 12.1 Å². The lowest BCUT2D eigenvalue weighted by Crippen LogP contribution is -2.32. The van der Waals surface area contributed by atoms with E-state index in [0.717, 1.165) is 5.56 Å². The lowest BCUT2D eigenvalue weighted by atomic mass is 10.1. The van der Waals surface area contributed by atoms with Crippen molar-refractivity contribution in [1.29, 1.82) is 0 Å². The van der Waals surface area contributed by atoms with Crippen LogP contribution in [-0.2, 0) is 0 Å². The zero-order valence-electron chi connectivity index (χ0n) is 10.5. The summed E-state index contributed by atoms with van der Waals surface area (Å²) in [4.78, 5) is 17.6. The molecule has 100 valence electrons. The van der Waals surface area contributed by atoms with Gasteiger partial charge in [0.2, 0.25) is 0 Å². The van der Waals surface area contributed by atoms with Gasteiger partial charge in [-0.15, -0.1) is 0 Å². The van der Waals surface area contributed by atoms with Gasteiger partial charge < -0.3 is 4.90 Å². The number of rotatable bonds is 2. The molecular weight excluding hydrogens is 285 g/mol. The molecule has 0 bridgehead atoms.